The Morgan fingerprint density at radius 1 is 1.24 bits per heavy atom. The van der Waals surface area contributed by atoms with Crippen LogP contribution in [0.1, 0.15) is 6.92 Å². The molecule has 2 heterocycles. The van der Waals surface area contributed by atoms with Crippen LogP contribution in [0.15, 0.2) is 47.8 Å². The Morgan fingerprint density at radius 2 is 2.00 bits per heavy atom. The summed E-state index contributed by atoms with van der Waals surface area (Å²) in [5.74, 6) is -0.266. The fraction of sp³-hybridized carbons (Fsp3) is 0.105. The van der Waals surface area contributed by atoms with Crippen molar-refractivity contribution in [2.45, 2.75) is 13.0 Å². The SMILES string of the molecule is CC(Oc1ccc(Cl)cc1Cl)C(=O)Nc1nc2scc(-c3ccc(F)cc3)n2n1. The fourth-order valence-corrected chi connectivity index (χ4v) is 3.86. The van der Waals surface area contributed by atoms with Gasteiger partial charge in [-0.3, -0.25) is 10.1 Å². The summed E-state index contributed by atoms with van der Waals surface area (Å²) in [6, 6.07) is 10.8. The zero-order valence-corrected chi connectivity index (χ0v) is 17.2. The maximum Gasteiger partial charge on any atom is 0.267 e. The molecule has 0 bridgehead atoms. The highest BCUT2D eigenvalue weighted by Crippen LogP contribution is 2.29. The lowest BCUT2D eigenvalue weighted by atomic mass is 10.2. The van der Waals surface area contributed by atoms with E-state index in [4.69, 9.17) is 27.9 Å². The van der Waals surface area contributed by atoms with Crippen LogP contribution in [0.2, 0.25) is 10.0 Å². The summed E-state index contributed by atoms with van der Waals surface area (Å²) in [5.41, 5.74) is 1.53. The molecular weight excluding hydrogens is 438 g/mol. The van der Waals surface area contributed by atoms with E-state index in [0.717, 1.165) is 11.3 Å². The first-order valence-electron chi connectivity index (χ1n) is 8.43. The molecule has 4 rings (SSSR count). The van der Waals surface area contributed by atoms with Gasteiger partial charge in [-0.05, 0) is 49.4 Å². The molecule has 0 aliphatic rings. The van der Waals surface area contributed by atoms with E-state index in [-0.39, 0.29) is 11.8 Å². The quantitative estimate of drug-likeness (QED) is 0.447. The first-order valence-corrected chi connectivity index (χ1v) is 10.1. The number of nitrogens with one attached hydrogen (secondary N) is 1. The van der Waals surface area contributed by atoms with Gasteiger partial charge < -0.3 is 4.74 Å². The van der Waals surface area contributed by atoms with Crippen LogP contribution in [0.3, 0.4) is 0 Å². The van der Waals surface area contributed by atoms with Crippen molar-refractivity contribution >= 4 is 51.4 Å². The highest BCUT2D eigenvalue weighted by molar-refractivity contribution is 7.15. The van der Waals surface area contributed by atoms with Crippen LogP contribution >= 0.6 is 34.5 Å². The van der Waals surface area contributed by atoms with Gasteiger partial charge in [0.1, 0.15) is 11.6 Å². The normalized spacial score (nSPS) is 12.1. The summed E-state index contributed by atoms with van der Waals surface area (Å²) >= 11 is 13.3. The van der Waals surface area contributed by atoms with Crippen LogP contribution < -0.4 is 10.1 Å². The van der Waals surface area contributed by atoms with Gasteiger partial charge in [-0.2, -0.15) is 4.98 Å². The first kappa shape index (κ1) is 19.6. The molecule has 1 unspecified atom stereocenters. The highest BCUT2D eigenvalue weighted by Gasteiger charge is 2.19. The summed E-state index contributed by atoms with van der Waals surface area (Å²) in [4.78, 5) is 17.3. The van der Waals surface area contributed by atoms with Gasteiger partial charge in [0.15, 0.2) is 6.10 Å². The largest absolute Gasteiger partial charge is 0.479 e. The van der Waals surface area contributed by atoms with Crippen LogP contribution in [0.5, 0.6) is 5.75 Å². The van der Waals surface area contributed by atoms with Crippen molar-refractivity contribution in [2.24, 2.45) is 0 Å². The third-order valence-electron chi connectivity index (χ3n) is 4.02. The summed E-state index contributed by atoms with van der Waals surface area (Å²) in [5, 5.41) is 9.59. The second kappa shape index (κ2) is 7.98. The molecule has 1 amide bonds. The van der Waals surface area contributed by atoms with Gasteiger partial charge in [0.25, 0.3) is 11.9 Å². The fourth-order valence-electron chi connectivity index (χ4n) is 2.58. The second-order valence-corrected chi connectivity index (χ2v) is 7.76. The van der Waals surface area contributed by atoms with E-state index in [1.54, 1.807) is 35.7 Å². The third kappa shape index (κ3) is 4.19. The molecule has 29 heavy (non-hydrogen) atoms. The molecule has 2 aromatic heterocycles. The number of nitrogens with zero attached hydrogens (tertiary/aromatic N) is 3. The molecule has 0 saturated heterocycles. The predicted molar refractivity (Wildman–Crippen MR) is 111 cm³/mol. The smallest absolute Gasteiger partial charge is 0.267 e. The number of halogens is 3. The van der Waals surface area contributed by atoms with E-state index in [2.05, 4.69) is 15.4 Å². The van der Waals surface area contributed by atoms with E-state index in [1.165, 1.54) is 29.5 Å². The zero-order valence-electron chi connectivity index (χ0n) is 14.9. The standard InChI is InChI=1S/C19H13Cl2FN4O2S/c1-10(28-16-7-4-12(20)8-14(16)21)17(27)23-18-24-19-26(25-18)15(9-29-19)11-2-5-13(22)6-3-11/h2-10H,1H3,(H,23,25,27). The van der Waals surface area contributed by atoms with Crippen LogP contribution in [0.4, 0.5) is 10.3 Å². The Morgan fingerprint density at radius 3 is 2.72 bits per heavy atom. The number of amides is 1. The average molecular weight is 451 g/mol. The molecule has 0 saturated carbocycles. The van der Waals surface area contributed by atoms with Gasteiger partial charge in [0.05, 0.1) is 10.7 Å². The zero-order chi connectivity index (χ0) is 20.5. The van der Waals surface area contributed by atoms with E-state index in [9.17, 15) is 9.18 Å². The van der Waals surface area contributed by atoms with Crippen molar-refractivity contribution in [3.63, 3.8) is 0 Å². The molecule has 6 nitrogen and oxygen atoms in total. The minimum atomic E-state index is -0.841. The van der Waals surface area contributed by atoms with Gasteiger partial charge in [0, 0.05) is 16.0 Å². The van der Waals surface area contributed by atoms with E-state index >= 15 is 0 Å². The molecule has 10 heteroatoms. The van der Waals surface area contributed by atoms with Gasteiger partial charge >= 0.3 is 0 Å². The lowest BCUT2D eigenvalue weighted by Crippen LogP contribution is -2.30. The predicted octanol–water partition coefficient (Wildman–Crippen LogP) is 5.31. The minimum absolute atomic E-state index is 0.142. The van der Waals surface area contributed by atoms with Crippen LogP contribution in [0.25, 0.3) is 16.2 Å². The number of thiazole rings is 1. The number of aromatic nitrogens is 3. The van der Waals surface area contributed by atoms with Crippen molar-refractivity contribution in [3.05, 3.63) is 63.7 Å². The number of ether oxygens (including phenoxy) is 1. The summed E-state index contributed by atoms with van der Waals surface area (Å²) < 4.78 is 20.3. The molecule has 0 aliphatic heterocycles. The van der Waals surface area contributed by atoms with Gasteiger partial charge in [-0.1, -0.05) is 23.2 Å². The maximum absolute atomic E-state index is 13.2. The minimum Gasteiger partial charge on any atom is -0.479 e. The Hall–Kier alpha value is -2.68. The molecule has 0 radical (unpaired) electrons. The van der Waals surface area contributed by atoms with Crippen LogP contribution in [-0.4, -0.2) is 26.6 Å². The molecule has 0 spiro atoms. The molecule has 0 fully saturated rings. The van der Waals surface area contributed by atoms with Crippen molar-refractivity contribution in [2.75, 3.05) is 5.32 Å². The number of rotatable bonds is 5. The lowest BCUT2D eigenvalue weighted by molar-refractivity contribution is -0.122. The molecule has 0 aliphatic carbocycles. The van der Waals surface area contributed by atoms with E-state index in [0.29, 0.717) is 20.8 Å². The molecule has 148 valence electrons. The van der Waals surface area contributed by atoms with E-state index in [1.807, 2.05) is 5.38 Å². The Labute approximate surface area is 178 Å². The summed E-state index contributed by atoms with van der Waals surface area (Å²) in [6.07, 6.45) is -0.841. The van der Waals surface area contributed by atoms with Crippen LogP contribution in [-0.2, 0) is 4.79 Å². The molecule has 2 aromatic carbocycles. The van der Waals surface area contributed by atoms with Crippen LogP contribution in [0, 0.1) is 5.82 Å². The number of anilines is 1. The summed E-state index contributed by atoms with van der Waals surface area (Å²) in [7, 11) is 0. The van der Waals surface area contributed by atoms with Crippen molar-refractivity contribution in [1.82, 2.24) is 14.6 Å². The number of fused-ring (bicyclic) bond motifs is 1. The van der Waals surface area contributed by atoms with Gasteiger partial charge in [-0.15, -0.1) is 16.4 Å². The van der Waals surface area contributed by atoms with Crippen molar-refractivity contribution in [3.8, 4) is 17.0 Å². The van der Waals surface area contributed by atoms with Crippen molar-refractivity contribution < 1.29 is 13.9 Å². The molecule has 1 atom stereocenters. The topological polar surface area (TPSA) is 68.5 Å². The molecule has 4 aromatic rings. The lowest BCUT2D eigenvalue weighted by Gasteiger charge is -2.14. The molecule has 1 N–H and O–H groups in total. The number of hydrogen-bond donors (Lipinski definition) is 1. The number of benzene rings is 2. The Bertz CT molecular complexity index is 1190. The highest BCUT2D eigenvalue weighted by atomic mass is 35.5. The number of carbonyl (C=O) groups excluding carboxylic acids is 1. The van der Waals surface area contributed by atoms with Crippen molar-refractivity contribution in [1.29, 1.82) is 0 Å². The Kier molecular flexibility index (Phi) is 5.40. The molecular formula is C19H13Cl2FN4O2S. The third-order valence-corrected chi connectivity index (χ3v) is 5.37. The van der Waals surface area contributed by atoms with E-state index < -0.39 is 12.0 Å². The Balaban J connectivity index is 1.50. The first-order chi connectivity index (χ1) is 13.9. The second-order valence-electron chi connectivity index (χ2n) is 6.08. The summed E-state index contributed by atoms with van der Waals surface area (Å²) in [6.45, 7) is 1.59. The average Bonchev–Trinajstić information content (AvgIpc) is 3.25. The maximum atomic E-state index is 13.2. The number of carbonyl (C=O) groups is 1. The van der Waals surface area contributed by atoms with Gasteiger partial charge in [0.2, 0.25) is 4.96 Å². The monoisotopic (exact) mass is 450 g/mol. The number of hydrogen-bond acceptors (Lipinski definition) is 5. The van der Waals surface area contributed by atoms with Gasteiger partial charge in [-0.25, -0.2) is 8.91 Å².